The van der Waals surface area contributed by atoms with Crippen LogP contribution in [0.3, 0.4) is 0 Å². The fraction of sp³-hybridized carbons (Fsp3) is 0.571. The lowest BCUT2D eigenvalue weighted by Gasteiger charge is -2.15. The highest BCUT2D eigenvalue weighted by molar-refractivity contribution is 9.10. The molecule has 1 saturated carbocycles. The molecule has 1 atom stereocenters. The van der Waals surface area contributed by atoms with Gasteiger partial charge in [0.2, 0.25) is 0 Å². The van der Waals surface area contributed by atoms with Gasteiger partial charge in [-0.3, -0.25) is 4.79 Å². The summed E-state index contributed by atoms with van der Waals surface area (Å²) < 4.78 is 2.04. The first-order valence-corrected chi connectivity index (χ1v) is 7.43. The van der Waals surface area contributed by atoms with Gasteiger partial charge in [-0.1, -0.05) is 19.3 Å². The molecule has 1 unspecified atom stereocenters. The molecule has 2 rings (SSSR count). The smallest absolute Gasteiger partial charge is 0.283 e. The van der Waals surface area contributed by atoms with Gasteiger partial charge in [-0.15, -0.1) is 6.42 Å². The van der Waals surface area contributed by atoms with Crippen molar-refractivity contribution in [2.75, 3.05) is 5.32 Å². The Morgan fingerprint density at radius 1 is 1.68 bits per heavy atom. The topological polar surface area (TPSA) is 46.9 Å². The Bertz CT molecular complexity index is 543. The summed E-state index contributed by atoms with van der Waals surface area (Å²) in [5, 5.41) is 7.39. The van der Waals surface area contributed by atoms with Gasteiger partial charge in [-0.2, -0.15) is 5.10 Å². The van der Waals surface area contributed by atoms with Crippen LogP contribution in [0.25, 0.3) is 0 Å². The minimum absolute atomic E-state index is 0.0678. The Kier molecular flexibility index (Phi) is 4.65. The number of aromatic nitrogens is 2. The van der Waals surface area contributed by atoms with E-state index in [1.807, 2.05) is 0 Å². The van der Waals surface area contributed by atoms with Gasteiger partial charge in [0, 0.05) is 6.54 Å². The molecule has 0 aromatic carbocycles. The monoisotopic (exact) mass is 323 g/mol. The molecule has 1 aromatic heterocycles. The molecule has 4 nitrogen and oxygen atoms in total. The van der Waals surface area contributed by atoms with Crippen molar-refractivity contribution < 1.29 is 0 Å². The number of hydrogen-bond acceptors (Lipinski definition) is 3. The van der Waals surface area contributed by atoms with Crippen molar-refractivity contribution in [2.45, 2.75) is 45.2 Å². The van der Waals surface area contributed by atoms with Crippen LogP contribution < -0.4 is 10.9 Å². The largest absolute Gasteiger partial charge is 0.369 e. The van der Waals surface area contributed by atoms with Crippen molar-refractivity contribution in [1.29, 1.82) is 0 Å². The van der Waals surface area contributed by atoms with Crippen molar-refractivity contribution in [3.8, 4) is 12.3 Å². The number of rotatable bonds is 6. The molecular weight excluding hydrogens is 306 g/mol. The molecule has 0 saturated heterocycles. The lowest BCUT2D eigenvalue weighted by atomic mass is 10.2. The van der Waals surface area contributed by atoms with E-state index >= 15 is 0 Å². The highest BCUT2D eigenvalue weighted by atomic mass is 79.9. The number of nitrogens with zero attached hydrogens (tertiary/aromatic N) is 2. The van der Waals surface area contributed by atoms with E-state index in [4.69, 9.17) is 6.42 Å². The highest BCUT2D eigenvalue weighted by Gasteiger charge is 2.23. The summed E-state index contributed by atoms with van der Waals surface area (Å²) in [7, 11) is 0. The van der Waals surface area contributed by atoms with Crippen molar-refractivity contribution in [3.63, 3.8) is 0 Å². The zero-order valence-electron chi connectivity index (χ0n) is 11.0. The first-order chi connectivity index (χ1) is 9.15. The van der Waals surface area contributed by atoms with Gasteiger partial charge >= 0.3 is 0 Å². The van der Waals surface area contributed by atoms with Crippen molar-refractivity contribution >= 4 is 21.6 Å². The van der Waals surface area contributed by atoms with E-state index in [0.717, 1.165) is 12.8 Å². The molecule has 1 fully saturated rings. The van der Waals surface area contributed by atoms with E-state index in [-0.39, 0.29) is 11.6 Å². The van der Waals surface area contributed by atoms with Crippen LogP contribution in [-0.2, 0) is 6.54 Å². The standard InChI is InChI=1S/C14H18BrN3O/c1-3-5-11(4-2)17-12-8-16-18(9-10-6-7-10)14(19)13(12)15/h2,8,10-11,17H,3,5-7,9H2,1H3. The Labute approximate surface area is 121 Å². The van der Waals surface area contributed by atoms with Crippen LogP contribution in [-0.4, -0.2) is 15.8 Å². The molecule has 1 N–H and O–H groups in total. The van der Waals surface area contributed by atoms with Gasteiger partial charge in [0.05, 0.1) is 17.9 Å². The molecule has 0 aliphatic heterocycles. The zero-order chi connectivity index (χ0) is 13.8. The summed E-state index contributed by atoms with van der Waals surface area (Å²) in [4.78, 5) is 12.1. The first-order valence-electron chi connectivity index (χ1n) is 6.64. The molecule has 1 aliphatic rings. The third-order valence-electron chi connectivity index (χ3n) is 3.22. The zero-order valence-corrected chi connectivity index (χ0v) is 12.6. The number of anilines is 1. The Morgan fingerprint density at radius 3 is 3.00 bits per heavy atom. The van der Waals surface area contributed by atoms with E-state index in [9.17, 15) is 4.79 Å². The van der Waals surface area contributed by atoms with Crippen LogP contribution in [0.2, 0.25) is 0 Å². The maximum Gasteiger partial charge on any atom is 0.283 e. The quantitative estimate of drug-likeness (QED) is 0.819. The molecule has 0 spiro atoms. The molecule has 0 radical (unpaired) electrons. The Balaban J connectivity index is 2.15. The van der Waals surface area contributed by atoms with Crippen LogP contribution >= 0.6 is 15.9 Å². The fourth-order valence-electron chi connectivity index (χ4n) is 1.91. The molecule has 1 heterocycles. The molecule has 0 bridgehead atoms. The second-order valence-corrected chi connectivity index (χ2v) is 5.75. The predicted molar refractivity (Wildman–Crippen MR) is 80.1 cm³/mol. The summed E-state index contributed by atoms with van der Waals surface area (Å²) in [5.74, 6) is 3.31. The van der Waals surface area contributed by atoms with E-state index < -0.39 is 0 Å². The lowest BCUT2D eigenvalue weighted by Crippen LogP contribution is -2.27. The van der Waals surface area contributed by atoms with Crippen LogP contribution in [0.5, 0.6) is 0 Å². The number of hydrogen-bond donors (Lipinski definition) is 1. The molecule has 5 heteroatoms. The van der Waals surface area contributed by atoms with E-state index in [2.05, 4.69) is 39.2 Å². The summed E-state index contributed by atoms with van der Waals surface area (Å²) in [5.41, 5.74) is 0.581. The van der Waals surface area contributed by atoms with Gasteiger partial charge < -0.3 is 5.32 Å². The second kappa shape index (κ2) is 6.25. The van der Waals surface area contributed by atoms with Gasteiger partial charge in [0.25, 0.3) is 5.56 Å². The Hall–Kier alpha value is -1.28. The summed E-state index contributed by atoms with van der Waals surface area (Å²) >= 11 is 3.35. The lowest BCUT2D eigenvalue weighted by molar-refractivity contribution is 0.531. The van der Waals surface area contributed by atoms with Crippen LogP contribution in [0.4, 0.5) is 5.69 Å². The molecular formula is C14H18BrN3O. The minimum atomic E-state index is -0.0934. The highest BCUT2D eigenvalue weighted by Crippen LogP contribution is 2.30. The van der Waals surface area contributed by atoms with Gasteiger partial charge in [-0.25, -0.2) is 4.68 Å². The molecule has 0 amide bonds. The Morgan fingerprint density at radius 2 is 2.42 bits per heavy atom. The third kappa shape index (κ3) is 3.60. The maximum absolute atomic E-state index is 12.1. The summed E-state index contributed by atoms with van der Waals surface area (Å²) in [6.07, 6.45) is 11.4. The third-order valence-corrected chi connectivity index (χ3v) is 3.99. The predicted octanol–water partition coefficient (Wildman–Crippen LogP) is 2.63. The minimum Gasteiger partial charge on any atom is -0.369 e. The van der Waals surface area contributed by atoms with Crippen molar-refractivity contribution in [3.05, 3.63) is 21.0 Å². The average Bonchev–Trinajstić information content (AvgIpc) is 3.21. The van der Waals surface area contributed by atoms with E-state index in [0.29, 0.717) is 22.6 Å². The van der Waals surface area contributed by atoms with E-state index in [1.165, 1.54) is 17.5 Å². The van der Waals surface area contributed by atoms with Gasteiger partial charge in [-0.05, 0) is 41.1 Å². The van der Waals surface area contributed by atoms with Crippen molar-refractivity contribution in [1.82, 2.24) is 9.78 Å². The van der Waals surface area contributed by atoms with Gasteiger partial charge in [0.1, 0.15) is 4.47 Å². The number of terminal acetylenes is 1. The summed E-state index contributed by atoms with van der Waals surface area (Å²) in [6.45, 7) is 2.79. The molecule has 1 aliphatic carbocycles. The van der Waals surface area contributed by atoms with E-state index in [1.54, 1.807) is 6.20 Å². The normalized spacial score (nSPS) is 15.8. The first kappa shape index (κ1) is 14.1. The molecule has 102 valence electrons. The molecule has 19 heavy (non-hydrogen) atoms. The van der Waals surface area contributed by atoms with Gasteiger partial charge in [0.15, 0.2) is 0 Å². The van der Waals surface area contributed by atoms with Crippen LogP contribution in [0.15, 0.2) is 15.5 Å². The summed E-state index contributed by atoms with van der Waals surface area (Å²) in [6, 6.07) is -0.0678. The fourth-order valence-corrected chi connectivity index (χ4v) is 2.34. The van der Waals surface area contributed by atoms with Crippen molar-refractivity contribution in [2.24, 2.45) is 5.92 Å². The number of halogens is 1. The average molecular weight is 324 g/mol. The maximum atomic E-state index is 12.1. The van der Waals surface area contributed by atoms with Crippen LogP contribution in [0.1, 0.15) is 32.6 Å². The molecule has 1 aromatic rings. The number of nitrogens with one attached hydrogen (secondary N) is 1. The van der Waals surface area contributed by atoms with Crippen LogP contribution in [0, 0.1) is 18.3 Å². The second-order valence-electron chi connectivity index (χ2n) is 4.96. The SMILES string of the molecule is C#CC(CCC)Nc1cnn(CC2CC2)c(=O)c1Br.